The molecule has 4 aromatic carbocycles. The van der Waals surface area contributed by atoms with Crippen molar-refractivity contribution in [3.8, 4) is 5.75 Å². The van der Waals surface area contributed by atoms with Crippen LogP contribution >= 0.6 is 0 Å². The zero-order chi connectivity index (χ0) is 61.3. The van der Waals surface area contributed by atoms with Crippen molar-refractivity contribution in [1.82, 2.24) is 26.2 Å². The molecular formula is C63H81N7O14. The second-order valence-electron chi connectivity index (χ2n) is 23.0. The summed E-state index contributed by atoms with van der Waals surface area (Å²) in [5, 5.41) is 43.7. The predicted octanol–water partition coefficient (Wildman–Crippen LogP) is 6.67. The smallest absolute Gasteiger partial charge is 0.411 e. The van der Waals surface area contributed by atoms with Crippen LogP contribution in [0.25, 0.3) is 0 Å². The van der Waals surface area contributed by atoms with Crippen LogP contribution in [0.1, 0.15) is 120 Å². The first-order chi connectivity index (χ1) is 39.8. The first-order valence-electron chi connectivity index (χ1n) is 28.3. The number of fused-ring (bicyclic) bond motifs is 2. The van der Waals surface area contributed by atoms with Gasteiger partial charge in [0.05, 0.1) is 18.7 Å². The summed E-state index contributed by atoms with van der Waals surface area (Å²) < 4.78 is 17.3. The fourth-order valence-corrected chi connectivity index (χ4v) is 10.1. The molecule has 0 spiro atoms. The zero-order valence-electron chi connectivity index (χ0n) is 49.3. The van der Waals surface area contributed by atoms with Crippen LogP contribution in [-0.4, -0.2) is 126 Å². The molecule has 5 unspecified atom stereocenters. The van der Waals surface area contributed by atoms with Gasteiger partial charge in [-0.3, -0.25) is 29.3 Å². The fourth-order valence-electron chi connectivity index (χ4n) is 10.1. The van der Waals surface area contributed by atoms with E-state index in [2.05, 4.69) is 44.8 Å². The van der Waals surface area contributed by atoms with Crippen LogP contribution in [0.4, 0.5) is 16.2 Å². The predicted molar refractivity (Wildman–Crippen MR) is 315 cm³/mol. The number of nitrogens with one attached hydrogen (secondary N) is 5. The summed E-state index contributed by atoms with van der Waals surface area (Å²) in [7, 11) is 3.16. The minimum absolute atomic E-state index is 0.0126. The number of carboxylic acid groups (broad SMARTS) is 2. The number of carboxylic acids is 2. The minimum Gasteiger partial charge on any atom is -0.479 e. The van der Waals surface area contributed by atoms with Crippen molar-refractivity contribution in [2.24, 2.45) is 5.41 Å². The number of hydrogen-bond acceptors (Lipinski definition) is 13. The number of anilines is 2. The zero-order valence-corrected chi connectivity index (χ0v) is 49.3. The van der Waals surface area contributed by atoms with E-state index in [4.69, 9.17) is 14.2 Å². The van der Waals surface area contributed by atoms with Crippen molar-refractivity contribution in [3.05, 3.63) is 136 Å². The molecule has 2 aliphatic rings. The van der Waals surface area contributed by atoms with Gasteiger partial charge in [-0.15, -0.1) is 0 Å². The Labute approximate surface area is 490 Å². The summed E-state index contributed by atoms with van der Waals surface area (Å²) in [5.41, 5.74) is 4.73. The van der Waals surface area contributed by atoms with Crippen LogP contribution in [-0.2, 0) is 81.0 Å². The first-order valence-corrected chi connectivity index (χ1v) is 28.3. The van der Waals surface area contributed by atoms with Gasteiger partial charge in [-0.2, -0.15) is 0 Å². The lowest BCUT2D eigenvalue weighted by Gasteiger charge is -2.38. The van der Waals surface area contributed by atoms with Crippen LogP contribution in [0.3, 0.4) is 0 Å². The first kappa shape index (κ1) is 65.0. The number of carbonyl (C=O) groups is 8. The van der Waals surface area contributed by atoms with Crippen LogP contribution < -0.4 is 36.2 Å². The van der Waals surface area contributed by atoms with Gasteiger partial charge in [0.25, 0.3) is 0 Å². The Morgan fingerprint density at radius 3 is 2.18 bits per heavy atom. The highest BCUT2D eigenvalue weighted by molar-refractivity contribution is 5.94. The third kappa shape index (κ3) is 18.4. The van der Waals surface area contributed by atoms with E-state index >= 15 is 0 Å². The summed E-state index contributed by atoms with van der Waals surface area (Å²) in [4.78, 5) is 107. The number of aliphatic carboxylic acids is 2. The van der Waals surface area contributed by atoms with Gasteiger partial charge in [0, 0.05) is 86.7 Å². The lowest BCUT2D eigenvalue weighted by Crippen LogP contribution is -2.60. The molecule has 8 N–H and O–H groups in total. The number of aliphatic hydroxyl groups is 1. The van der Waals surface area contributed by atoms with Gasteiger partial charge in [-0.25, -0.2) is 14.4 Å². The van der Waals surface area contributed by atoms with E-state index in [0.717, 1.165) is 29.7 Å². The quantitative estimate of drug-likeness (QED) is 0.0254. The summed E-state index contributed by atoms with van der Waals surface area (Å²) in [5.74, 6) is -3.68. The molecule has 1 fully saturated rings. The lowest BCUT2D eigenvalue weighted by molar-refractivity contribution is -0.195. The molecule has 452 valence electrons. The average molecular weight is 1160 g/mol. The number of amides is 6. The normalized spacial score (nSPS) is 16.9. The van der Waals surface area contributed by atoms with Crippen molar-refractivity contribution in [1.29, 1.82) is 0 Å². The number of rotatable bonds is 25. The Balaban J connectivity index is 1.02. The molecule has 6 amide bonds. The standard InChI is InChI=1S/C63H81N7O14/c1-39(59(77)78)29-31-69(8)58(76)56(62(2,3)4)68-57(75)55(64-7)63(5,6)45-19-15-20-46(33-45)67-61(81)82-38-40-24-27-49(83-54-35-47(71)34-50(84-54)60(79)80)44(32-40)36-66-52(73)28-30-65-51(72)22-13-14-23-53(74)70-37-43-18-10-9-16-41(43)25-26-42-17-11-12-21-48(42)70/h9-12,15-21,24,27,29,32-33,47,50,54-56,64,71H,13-14,22-23,25-26,28,30-31,34-38H2,1-8H3,(H,65,72)(H,66,73)(H,67,81)(H,68,75)(H,77,78)(H,79,80)/b39-29+. The number of unbranched alkanes of at least 4 members (excludes halogenated alkanes) is 1. The lowest BCUT2D eigenvalue weighted by atomic mass is 9.76. The summed E-state index contributed by atoms with van der Waals surface area (Å²) >= 11 is 0. The fraction of sp³-hybridized carbons (Fsp3) is 0.460. The molecule has 2 aliphatic heterocycles. The van der Waals surface area contributed by atoms with Crippen molar-refractivity contribution in [2.75, 3.05) is 37.4 Å². The third-order valence-electron chi connectivity index (χ3n) is 15.1. The van der Waals surface area contributed by atoms with Gasteiger partial charge in [0.2, 0.25) is 35.8 Å². The van der Waals surface area contributed by atoms with Crippen molar-refractivity contribution >= 4 is 58.9 Å². The number of aryl methyl sites for hydroxylation is 2. The number of nitrogens with zero attached hydrogens (tertiary/aromatic N) is 2. The summed E-state index contributed by atoms with van der Waals surface area (Å²) in [6.45, 7) is 10.8. The number of carbonyl (C=O) groups excluding carboxylic acids is 6. The highest BCUT2D eigenvalue weighted by Crippen LogP contribution is 2.33. The molecule has 0 aromatic heterocycles. The maximum Gasteiger partial charge on any atom is 0.411 e. The summed E-state index contributed by atoms with van der Waals surface area (Å²) in [6.07, 6.45) is 0.0997. The SMILES string of the molecule is CNC(C(=O)NC(C(=O)N(C)C/C=C(\C)C(=O)O)C(C)(C)C)C(C)(C)c1cccc(NC(=O)OCc2ccc(OC3CC(O)CC(C(=O)O)O3)c(CNC(=O)CCNC(=O)CCCCC(=O)N3Cc4ccccc4CCc4ccccc43)c2)c1. The van der Waals surface area contributed by atoms with Crippen molar-refractivity contribution < 1.29 is 67.9 Å². The Hall–Kier alpha value is -8.14. The highest BCUT2D eigenvalue weighted by Gasteiger charge is 2.41. The second-order valence-corrected chi connectivity index (χ2v) is 23.0. The van der Waals surface area contributed by atoms with Crippen LogP contribution in [0.2, 0.25) is 0 Å². The van der Waals surface area contributed by atoms with Crippen LogP contribution in [0.5, 0.6) is 5.75 Å². The highest BCUT2D eigenvalue weighted by atomic mass is 16.7. The number of ether oxygens (including phenoxy) is 3. The van der Waals surface area contributed by atoms with E-state index in [1.54, 1.807) is 49.5 Å². The van der Waals surface area contributed by atoms with Gasteiger partial charge >= 0.3 is 18.0 Å². The Kier molecular flexibility index (Phi) is 23.1. The Morgan fingerprint density at radius 2 is 1.48 bits per heavy atom. The number of para-hydroxylation sites is 1. The van der Waals surface area contributed by atoms with Gasteiger partial charge in [-0.05, 0) is 103 Å². The molecule has 5 atom stereocenters. The number of benzene rings is 4. The molecule has 21 heteroatoms. The van der Waals surface area contributed by atoms with Gasteiger partial charge in [-0.1, -0.05) is 101 Å². The molecule has 0 radical (unpaired) electrons. The Bertz CT molecular complexity index is 3050. The Morgan fingerprint density at radius 1 is 0.798 bits per heavy atom. The topological polar surface area (TPSA) is 292 Å². The van der Waals surface area contributed by atoms with Crippen molar-refractivity contribution in [2.45, 2.75) is 155 Å². The average Bonchev–Trinajstić information content (AvgIpc) is 2.62. The van der Waals surface area contributed by atoms with E-state index in [9.17, 15) is 53.7 Å². The van der Waals surface area contributed by atoms with Crippen LogP contribution in [0.15, 0.2) is 103 Å². The molecule has 21 nitrogen and oxygen atoms in total. The van der Waals surface area contributed by atoms with Crippen molar-refractivity contribution in [3.63, 3.8) is 0 Å². The molecule has 2 heterocycles. The molecule has 4 aromatic rings. The maximum absolute atomic E-state index is 14.1. The number of hydrogen-bond donors (Lipinski definition) is 8. The largest absolute Gasteiger partial charge is 0.479 e. The van der Waals surface area contributed by atoms with Gasteiger partial charge < -0.3 is 60.6 Å². The summed E-state index contributed by atoms with van der Waals surface area (Å²) in [6, 6.07) is 26.0. The van der Waals surface area contributed by atoms with Crippen LogP contribution in [0, 0.1) is 5.41 Å². The minimum atomic E-state index is -1.31. The third-order valence-corrected chi connectivity index (χ3v) is 15.1. The molecule has 6 rings (SSSR count). The number of likely N-dealkylation sites (N-methyl/N-ethyl adjacent to an activating group) is 2. The van der Waals surface area contributed by atoms with Gasteiger partial charge in [0.15, 0.2) is 6.10 Å². The maximum atomic E-state index is 14.1. The molecule has 0 bridgehead atoms. The van der Waals surface area contributed by atoms with E-state index in [-0.39, 0.29) is 81.5 Å². The van der Waals surface area contributed by atoms with E-state index < -0.39 is 77.2 Å². The van der Waals surface area contributed by atoms with E-state index in [1.165, 1.54) is 30.5 Å². The monoisotopic (exact) mass is 1160 g/mol. The van der Waals surface area contributed by atoms with Gasteiger partial charge in [0.1, 0.15) is 18.4 Å². The van der Waals surface area contributed by atoms with E-state index in [0.29, 0.717) is 41.8 Å². The second kappa shape index (κ2) is 29.9. The van der Waals surface area contributed by atoms with E-state index in [1.807, 2.05) is 69.9 Å². The molecule has 0 saturated carbocycles. The molecular weight excluding hydrogens is 1080 g/mol. The molecule has 0 aliphatic carbocycles. The molecule has 1 saturated heterocycles. The number of aliphatic hydroxyl groups excluding tert-OH is 1. The molecule has 84 heavy (non-hydrogen) atoms.